The molecule has 2 aromatic heterocycles. The van der Waals surface area contributed by atoms with Crippen molar-refractivity contribution in [3.05, 3.63) is 26.3 Å². The minimum Gasteiger partial charge on any atom is -0.319 e. The molecule has 0 fully saturated rings. The number of halogens is 2. The number of hydrogen-bond donors (Lipinski definition) is 1. The fourth-order valence-corrected chi connectivity index (χ4v) is 3.64. The lowest BCUT2D eigenvalue weighted by Crippen LogP contribution is -2.09. The quantitative estimate of drug-likeness (QED) is 0.916. The van der Waals surface area contributed by atoms with Gasteiger partial charge in [-0.15, -0.1) is 35.1 Å². The number of aromatic nitrogens is 1. The second-order valence-corrected chi connectivity index (χ2v) is 5.79. The van der Waals surface area contributed by atoms with Crippen molar-refractivity contribution in [3.8, 4) is 10.6 Å². The second-order valence-electron chi connectivity index (χ2n) is 3.08. The van der Waals surface area contributed by atoms with E-state index in [0.29, 0.717) is 0 Å². The summed E-state index contributed by atoms with van der Waals surface area (Å²) in [6.45, 7) is 0.985. The monoisotopic (exact) mass is 338 g/mol. The van der Waals surface area contributed by atoms with E-state index in [-0.39, 0.29) is 12.4 Å². The maximum absolute atomic E-state index is 4.61. The van der Waals surface area contributed by atoms with Gasteiger partial charge >= 0.3 is 0 Å². The van der Waals surface area contributed by atoms with E-state index in [0.717, 1.165) is 23.1 Å². The van der Waals surface area contributed by atoms with Crippen molar-refractivity contribution < 1.29 is 0 Å². The van der Waals surface area contributed by atoms with Crippen LogP contribution >= 0.6 is 51.0 Å². The molecule has 6 heteroatoms. The third-order valence-corrected chi connectivity index (χ3v) is 4.76. The van der Waals surface area contributed by atoms with Crippen LogP contribution in [0.25, 0.3) is 10.6 Å². The van der Waals surface area contributed by atoms with Crippen LogP contribution < -0.4 is 5.32 Å². The Balaban J connectivity index is 0.00000128. The zero-order valence-electron chi connectivity index (χ0n) is 8.70. The van der Waals surface area contributed by atoms with Crippen LogP contribution in [-0.2, 0) is 6.42 Å². The van der Waals surface area contributed by atoms with Crippen molar-refractivity contribution in [2.24, 2.45) is 0 Å². The number of thiophene rings is 1. The zero-order valence-corrected chi connectivity index (χ0v) is 12.7. The molecule has 0 aliphatic carbocycles. The highest BCUT2D eigenvalue weighted by molar-refractivity contribution is 9.10. The Kier molecular flexibility index (Phi) is 5.92. The largest absolute Gasteiger partial charge is 0.319 e. The number of rotatable bonds is 4. The summed E-state index contributed by atoms with van der Waals surface area (Å²) >= 11 is 6.98. The van der Waals surface area contributed by atoms with Gasteiger partial charge in [-0.05, 0) is 34.4 Å². The molecule has 16 heavy (non-hydrogen) atoms. The van der Waals surface area contributed by atoms with Crippen molar-refractivity contribution in [1.82, 2.24) is 10.3 Å². The Bertz CT molecular complexity index is 441. The Labute approximate surface area is 118 Å². The number of hydrogen-bond acceptors (Lipinski definition) is 4. The third-order valence-electron chi connectivity index (χ3n) is 1.99. The molecule has 1 N–H and O–H groups in total. The van der Waals surface area contributed by atoms with Crippen LogP contribution in [0.15, 0.2) is 21.3 Å². The van der Waals surface area contributed by atoms with Crippen LogP contribution in [0, 0.1) is 0 Å². The fraction of sp³-hybridized carbons (Fsp3) is 0.300. The lowest BCUT2D eigenvalue weighted by molar-refractivity contribution is 0.788. The molecule has 0 unspecified atom stereocenters. The van der Waals surface area contributed by atoms with E-state index in [2.05, 4.69) is 43.1 Å². The minimum atomic E-state index is 0. The van der Waals surface area contributed by atoms with Crippen LogP contribution in [0.3, 0.4) is 0 Å². The van der Waals surface area contributed by atoms with Crippen LogP contribution in [0.2, 0.25) is 0 Å². The van der Waals surface area contributed by atoms with Crippen LogP contribution in [0.5, 0.6) is 0 Å². The first-order valence-corrected chi connectivity index (χ1v) is 7.19. The summed E-state index contributed by atoms with van der Waals surface area (Å²) in [7, 11) is 1.96. The third kappa shape index (κ3) is 3.28. The second kappa shape index (κ2) is 6.71. The molecule has 0 atom stereocenters. The van der Waals surface area contributed by atoms with Crippen molar-refractivity contribution >= 4 is 51.0 Å². The van der Waals surface area contributed by atoms with E-state index in [1.165, 1.54) is 9.88 Å². The highest BCUT2D eigenvalue weighted by Crippen LogP contribution is 2.33. The topological polar surface area (TPSA) is 24.9 Å². The van der Waals surface area contributed by atoms with E-state index >= 15 is 0 Å². The maximum Gasteiger partial charge on any atom is 0.0945 e. The Hall–Kier alpha value is 0.0600. The molecule has 2 rings (SSSR count). The first-order valence-electron chi connectivity index (χ1n) is 4.63. The van der Waals surface area contributed by atoms with Gasteiger partial charge in [-0.3, -0.25) is 0 Å². The first-order chi connectivity index (χ1) is 7.31. The summed E-state index contributed by atoms with van der Waals surface area (Å²) in [6, 6.07) is 2.06. The molecule has 0 bridgehead atoms. The van der Waals surface area contributed by atoms with Gasteiger partial charge in [0, 0.05) is 22.8 Å². The van der Waals surface area contributed by atoms with E-state index in [1.54, 1.807) is 22.7 Å². The van der Waals surface area contributed by atoms with Gasteiger partial charge in [-0.1, -0.05) is 0 Å². The number of nitrogens with zero attached hydrogens (tertiary/aromatic N) is 1. The maximum atomic E-state index is 4.61. The number of likely N-dealkylation sites (N-methyl/N-ethyl adjacent to an activating group) is 1. The summed E-state index contributed by atoms with van der Waals surface area (Å²) < 4.78 is 1.14. The summed E-state index contributed by atoms with van der Waals surface area (Å²) in [6.07, 6.45) is 1.00. The summed E-state index contributed by atoms with van der Waals surface area (Å²) in [5.74, 6) is 0. The van der Waals surface area contributed by atoms with Gasteiger partial charge in [0.15, 0.2) is 0 Å². The molecule has 0 aliphatic heterocycles. The Morgan fingerprint density at radius 2 is 2.25 bits per heavy atom. The van der Waals surface area contributed by atoms with Gasteiger partial charge < -0.3 is 5.32 Å². The Morgan fingerprint density at radius 3 is 2.88 bits per heavy atom. The molecule has 2 heterocycles. The van der Waals surface area contributed by atoms with Crippen molar-refractivity contribution in [1.29, 1.82) is 0 Å². The van der Waals surface area contributed by atoms with Gasteiger partial charge in [0.25, 0.3) is 0 Å². The van der Waals surface area contributed by atoms with Crippen LogP contribution in [0.1, 0.15) is 5.01 Å². The first kappa shape index (κ1) is 14.1. The lowest BCUT2D eigenvalue weighted by Gasteiger charge is -1.94. The smallest absolute Gasteiger partial charge is 0.0945 e. The van der Waals surface area contributed by atoms with E-state index in [4.69, 9.17) is 0 Å². The average molecular weight is 340 g/mol. The van der Waals surface area contributed by atoms with Crippen LogP contribution in [0.4, 0.5) is 0 Å². The zero-order chi connectivity index (χ0) is 10.7. The summed E-state index contributed by atoms with van der Waals surface area (Å²) in [5.41, 5.74) is 1.09. The number of nitrogens with one attached hydrogen (secondary N) is 1. The highest BCUT2D eigenvalue weighted by atomic mass is 79.9. The molecule has 0 radical (unpaired) electrons. The predicted molar refractivity (Wildman–Crippen MR) is 78.0 cm³/mol. The van der Waals surface area contributed by atoms with E-state index in [1.807, 2.05) is 7.05 Å². The molecule has 0 aliphatic rings. The van der Waals surface area contributed by atoms with Crippen molar-refractivity contribution in [2.75, 3.05) is 13.6 Å². The summed E-state index contributed by atoms with van der Waals surface area (Å²) in [4.78, 5) is 5.83. The van der Waals surface area contributed by atoms with Gasteiger partial charge in [0.1, 0.15) is 0 Å². The van der Waals surface area contributed by atoms with E-state index < -0.39 is 0 Å². The predicted octanol–water partition coefficient (Wildman–Crippen LogP) is 3.82. The van der Waals surface area contributed by atoms with Gasteiger partial charge in [0.05, 0.1) is 15.6 Å². The van der Waals surface area contributed by atoms with Crippen molar-refractivity contribution in [2.45, 2.75) is 6.42 Å². The molecule has 0 saturated carbocycles. The fourth-order valence-electron chi connectivity index (χ4n) is 1.24. The van der Waals surface area contributed by atoms with Gasteiger partial charge in [0.2, 0.25) is 0 Å². The molecule has 0 aromatic carbocycles. The molecule has 88 valence electrons. The molecule has 2 aromatic rings. The average Bonchev–Trinajstić information content (AvgIpc) is 2.83. The highest BCUT2D eigenvalue weighted by Gasteiger charge is 2.08. The Morgan fingerprint density at radius 1 is 1.44 bits per heavy atom. The molecule has 2 nitrogen and oxygen atoms in total. The normalized spacial score (nSPS) is 10.1. The molecule has 0 spiro atoms. The van der Waals surface area contributed by atoms with Gasteiger partial charge in [-0.25, -0.2) is 4.98 Å². The lowest BCUT2D eigenvalue weighted by atomic mass is 10.4. The van der Waals surface area contributed by atoms with Crippen LogP contribution in [-0.4, -0.2) is 18.6 Å². The molecule has 0 amide bonds. The minimum absolute atomic E-state index is 0. The van der Waals surface area contributed by atoms with E-state index in [9.17, 15) is 0 Å². The molecule has 0 saturated heterocycles. The SMILES string of the molecule is CNCCc1nc(-c2sccc2Br)cs1.Cl. The molecular weight excluding hydrogens is 328 g/mol. The summed E-state index contributed by atoms with van der Waals surface area (Å²) in [5, 5.41) is 8.53. The van der Waals surface area contributed by atoms with Gasteiger partial charge in [-0.2, -0.15) is 0 Å². The molecular formula is C10H12BrClN2S2. The standard InChI is InChI=1S/C10H11BrN2S2.ClH/c1-12-4-2-9-13-8(6-15-9)10-7(11)3-5-14-10;/h3,5-6,12H,2,4H2,1H3;1H. The van der Waals surface area contributed by atoms with Crippen molar-refractivity contribution in [3.63, 3.8) is 0 Å². The number of thiazole rings is 1.